The lowest BCUT2D eigenvalue weighted by atomic mass is 10.1. The van der Waals surface area contributed by atoms with E-state index in [1.54, 1.807) is 19.2 Å². The average Bonchev–Trinajstić information content (AvgIpc) is 2.71. The highest BCUT2D eigenvalue weighted by molar-refractivity contribution is 6.03. The van der Waals surface area contributed by atoms with Crippen LogP contribution < -0.4 is 0 Å². The molecule has 0 bridgehead atoms. The summed E-state index contributed by atoms with van der Waals surface area (Å²) >= 11 is 0. The van der Waals surface area contributed by atoms with E-state index in [9.17, 15) is 10.1 Å². The van der Waals surface area contributed by atoms with Crippen molar-refractivity contribution in [3.8, 4) is 6.07 Å². The van der Waals surface area contributed by atoms with Gasteiger partial charge in [-0.05, 0) is 19.1 Å². The second kappa shape index (κ2) is 3.71. The molecule has 3 rings (SSSR count). The largest absolute Gasteiger partial charge is 0.307 e. The Hall–Kier alpha value is -2.60. The molecule has 0 aliphatic carbocycles. The number of hydrogen-bond donors (Lipinski definition) is 0. The molecule has 0 fully saturated rings. The minimum Gasteiger partial charge on any atom is -0.307 e. The lowest BCUT2D eigenvalue weighted by Crippen LogP contribution is -1.94. The van der Waals surface area contributed by atoms with Crippen molar-refractivity contribution < 1.29 is 4.79 Å². The van der Waals surface area contributed by atoms with Gasteiger partial charge in [-0.3, -0.25) is 4.79 Å². The molecule has 0 saturated heterocycles. The zero-order chi connectivity index (χ0) is 12.7. The summed E-state index contributed by atoms with van der Waals surface area (Å²) in [6.45, 7) is 1.54. The van der Waals surface area contributed by atoms with E-state index in [2.05, 4.69) is 6.07 Å². The zero-order valence-electron chi connectivity index (χ0n) is 9.84. The summed E-state index contributed by atoms with van der Waals surface area (Å²) in [5.74, 6) is 0.0290. The van der Waals surface area contributed by atoms with Crippen LogP contribution in [0.5, 0.6) is 0 Å². The van der Waals surface area contributed by atoms with Crippen LogP contribution in [0.4, 0.5) is 0 Å². The molecule has 3 aromatic rings. The van der Waals surface area contributed by atoms with Gasteiger partial charge in [0.25, 0.3) is 0 Å². The van der Waals surface area contributed by atoms with E-state index in [4.69, 9.17) is 0 Å². The van der Waals surface area contributed by atoms with Gasteiger partial charge in [-0.25, -0.2) is 0 Å². The summed E-state index contributed by atoms with van der Waals surface area (Å²) < 4.78 is 1.83. The third kappa shape index (κ3) is 1.33. The van der Waals surface area contributed by atoms with E-state index in [1.807, 2.05) is 34.7 Å². The fraction of sp³-hybridized carbons (Fsp3) is 0.0667. The predicted octanol–water partition coefficient (Wildman–Crippen LogP) is 3.17. The molecule has 0 spiro atoms. The van der Waals surface area contributed by atoms with Gasteiger partial charge in [0, 0.05) is 22.5 Å². The van der Waals surface area contributed by atoms with Crippen LogP contribution in [0.1, 0.15) is 23.0 Å². The first kappa shape index (κ1) is 10.5. The van der Waals surface area contributed by atoms with E-state index >= 15 is 0 Å². The van der Waals surface area contributed by atoms with Gasteiger partial charge in [0.15, 0.2) is 5.78 Å². The number of carbonyl (C=O) groups is 1. The maximum Gasteiger partial charge on any atom is 0.159 e. The van der Waals surface area contributed by atoms with E-state index in [-0.39, 0.29) is 5.78 Å². The molecule has 0 saturated carbocycles. The fourth-order valence-corrected chi connectivity index (χ4v) is 2.28. The molecule has 0 aliphatic heterocycles. The Bertz CT molecular complexity index is 821. The van der Waals surface area contributed by atoms with Crippen molar-refractivity contribution >= 4 is 22.1 Å². The number of fused-ring (bicyclic) bond motifs is 3. The lowest BCUT2D eigenvalue weighted by molar-refractivity contribution is 0.101. The zero-order valence-corrected chi connectivity index (χ0v) is 9.84. The van der Waals surface area contributed by atoms with Crippen LogP contribution in [-0.4, -0.2) is 10.2 Å². The smallest absolute Gasteiger partial charge is 0.159 e. The number of rotatable bonds is 1. The van der Waals surface area contributed by atoms with Gasteiger partial charge in [-0.1, -0.05) is 24.3 Å². The van der Waals surface area contributed by atoms with Crippen LogP contribution in [0.3, 0.4) is 0 Å². The topological polar surface area (TPSA) is 45.3 Å². The van der Waals surface area contributed by atoms with Gasteiger partial charge < -0.3 is 4.40 Å². The second-order valence-electron chi connectivity index (χ2n) is 4.23. The van der Waals surface area contributed by atoms with Gasteiger partial charge in [-0.15, -0.1) is 0 Å². The van der Waals surface area contributed by atoms with Crippen LogP contribution in [0.2, 0.25) is 0 Å². The Balaban J connectivity index is 2.53. The van der Waals surface area contributed by atoms with Crippen LogP contribution in [0, 0.1) is 11.3 Å². The molecule has 0 unspecified atom stereocenters. The molecule has 2 aromatic heterocycles. The quantitative estimate of drug-likeness (QED) is 0.607. The van der Waals surface area contributed by atoms with Gasteiger partial charge in [0.05, 0.1) is 5.52 Å². The number of aromatic nitrogens is 1. The van der Waals surface area contributed by atoms with Crippen molar-refractivity contribution in [1.82, 2.24) is 4.40 Å². The van der Waals surface area contributed by atoms with Crippen LogP contribution in [0.15, 0.2) is 42.6 Å². The molecule has 3 nitrogen and oxygen atoms in total. The van der Waals surface area contributed by atoms with Gasteiger partial charge in [0.1, 0.15) is 11.8 Å². The Morgan fingerprint density at radius 2 is 1.94 bits per heavy atom. The Kier molecular flexibility index (Phi) is 2.17. The molecule has 0 N–H and O–H groups in total. The number of Topliss-reactive ketones (excluding diaryl/α,β-unsaturated/α-hetero) is 1. The standard InChI is InChI=1S/C15H10N2O/c1-10(18)11-6-7-17-14(8-11)12-4-2-3-5-13(12)15(17)9-16/h2-8H,1H3. The SMILES string of the molecule is CC(=O)c1ccn2c(C#N)c3ccccc3c2c1. The lowest BCUT2D eigenvalue weighted by Gasteiger charge is -1.99. The number of hydrogen-bond acceptors (Lipinski definition) is 2. The van der Waals surface area contributed by atoms with Crippen LogP contribution >= 0.6 is 0 Å². The number of pyridine rings is 1. The van der Waals surface area contributed by atoms with E-state index < -0.39 is 0 Å². The number of nitriles is 1. The summed E-state index contributed by atoms with van der Waals surface area (Å²) in [4.78, 5) is 11.4. The monoisotopic (exact) mass is 234 g/mol. The third-order valence-corrected chi connectivity index (χ3v) is 3.17. The Morgan fingerprint density at radius 1 is 1.22 bits per heavy atom. The first-order valence-electron chi connectivity index (χ1n) is 5.66. The summed E-state index contributed by atoms with van der Waals surface area (Å²) in [5, 5.41) is 11.2. The minimum absolute atomic E-state index is 0.0290. The van der Waals surface area contributed by atoms with Crippen molar-refractivity contribution in [2.45, 2.75) is 6.92 Å². The van der Waals surface area contributed by atoms with E-state index in [0.29, 0.717) is 11.3 Å². The van der Waals surface area contributed by atoms with Gasteiger partial charge in [0.2, 0.25) is 0 Å². The molecule has 0 amide bonds. The molecule has 1 aromatic carbocycles. The molecule has 0 atom stereocenters. The van der Waals surface area contributed by atoms with Crippen molar-refractivity contribution in [2.75, 3.05) is 0 Å². The number of carbonyl (C=O) groups excluding carboxylic acids is 1. The maximum atomic E-state index is 11.4. The van der Waals surface area contributed by atoms with E-state index in [1.165, 1.54) is 0 Å². The normalized spacial score (nSPS) is 10.7. The molecular weight excluding hydrogens is 224 g/mol. The van der Waals surface area contributed by atoms with Gasteiger partial charge in [-0.2, -0.15) is 5.26 Å². The average molecular weight is 234 g/mol. The molecule has 0 aliphatic rings. The predicted molar refractivity (Wildman–Crippen MR) is 69.6 cm³/mol. The highest BCUT2D eigenvalue weighted by Gasteiger charge is 2.11. The molecule has 18 heavy (non-hydrogen) atoms. The Labute approximate surface area is 104 Å². The van der Waals surface area contributed by atoms with Crippen LogP contribution in [-0.2, 0) is 0 Å². The van der Waals surface area contributed by atoms with Gasteiger partial charge >= 0.3 is 0 Å². The second-order valence-corrected chi connectivity index (χ2v) is 4.23. The van der Waals surface area contributed by atoms with Crippen molar-refractivity contribution in [3.63, 3.8) is 0 Å². The molecule has 3 heteroatoms. The molecule has 0 radical (unpaired) electrons. The highest BCUT2D eigenvalue weighted by Crippen LogP contribution is 2.26. The van der Waals surface area contributed by atoms with E-state index in [0.717, 1.165) is 16.3 Å². The van der Waals surface area contributed by atoms with Crippen LogP contribution in [0.25, 0.3) is 16.3 Å². The number of benzene rings is 1. The van der Waals surface area contributed by atoms with Crippen molar-refractivity contribution in [2.24, 2.45) is 0 Å². The fourth-order valence-electron chi connectivity index (χ4n) is 2.28. The molecule has 2 heterocycles. The number of ketones is 1. The first-order valence-corrected chi connectivity index (χ1v) is 5.66. The Morgan fingerprint density at radius 3 is 2.61 bits per heavy atom. The summed E-state index contributed by atoms with van der Waals surface area (Å²) in [7, 11) is 0. The molecular formula is C15H10N2O. The third-order valence-electron chi connectivity index (χ3n) is 3.17. The summed E-state index contributed by atoms with van der Waals surface area (Å²) in [6.07, 6.45) is 1.78. The van der Waals surface area contributed by atoms with Crippen molar-refractivity contribution in [3.05, 3.63) is 53.9 Å². The summed E-state index contributed by atoms with van der Waals surface area (Å²) in [6, 6.07) is 13.5. The minimum atomic E-state index is 0.0290. The van der Waals surface area contributed by atoms with Crippen molar-refractivity contribution in [1.29, 1.82) is 5.26 Å². The molecule has 86 valence electrons. The number of nitrogens with zero attached hydrogens (tertiary/aromatic N) is 2. The maximum absolute atomic E-state index is 11.4. The summed E-state index contributed by atoms with van der Waals surface area (Å²) in [5.41, 5.74) is 2.17. The highest BCUT2D eigenvalue weighted by atomic mass is 16.1. The first-order chi connectivity index (χ1) is 8.72.